The summed E-state index contributed by atoms with van der Waals surface area (Å²) in [7, 11) is 2.02. The summed E-state index contributed by atoms with van der Waals surface area (Å²) in [6.07, 6.45) is 2.30. The molecule has 2 aromatic rings. The van der Waals surface area contributed by atoms with E-state index < -0.39 is 0 Å². The fraction of sp³-hybridized carbons (Fsp3) is 0.250. The molecule has 0 heterocycles. The molecule has 3 heteroatoms. The maximum atomic E-state index is 6.27. The Balaban J connectivity index is 2.03. The van der Waals surface area contributed by atoms with Crippen molar-refractivity contribution < 1.29 is 0 Å². The first-order valence-electron chi connectivity index (χ1n) is 6.44. The second-order valence-electron chi connectivity index (χ2n) is 4.92. The van der Waals surface area contributed by atoms with Crippen molar-refractivity contribution in [3.8, 4) is 11.1 Å². The van der Waals surface area contributed by atoms with Gasteiger partial charge in [0, 0.05) is 21.7 Å². The topological polar surface area (TPSA) is 12.0 Å². The number of fused-ring (bicyclic) bond motifs is 1. The summed E-state index contributed by atoms with van der Waals surface area (Å²) in [5, 5.41) is 4.73. The minimum Gasteiger partial charge on any atom is -0.313 e. The van der Waals surface area contributed by atoms with E-state index >= 15 is 0 Å². The van der Waals surface area contributed by atoms with Crippen molar-refractivity contribution >= 4 is 23.2 Å². The number of halogens is 2. The standard InChI is InChI=1S/C16H15Cl2N/c1-19-16-7-3-11-8-10(2-5-14(11)16)13-6-4-12(17)9-15(13)18/h2,4-6,8-9,16,19H,3,7H2,1H3. The first kappa shape index (κ1) is 13.0. The SMILES string of the molecule is CNC1CCc2cc(-c3ccc(Cl)cc3Cl)ccc21. The number of hydrogen-bond donors (Lipinski definition) is 1. The van der Waals surface area contributed by atoms with E-state index in [0.29, 0.717) is 16.1 Å². The molecule has 1 nitrogen and oxygen atoms in total. The molecule has 0 aromatic heterocycles. The number of aryl methyl sites for hydroxylation is 1. The molecule has 0 amide bonds. The molecule has 1 N–H and O–H groups in total. The van der Waals surface area contributed by atoms with Crippen molar-refractivity contribution in [2.75, 3.05) is 7.05 Å². The lowest BCUT2D eigenvalue weighted by Gasteiger charge is -2.11. The third-order valence-electron chi connectivity index (χ3n) is 3.81. The van der Waals surface area contributed by atoms with Gasteiger partial charge in [-0.2, -0.15) is 0 Å². The van der Waals surface area contributed by atoms with Gasteiger partial charge in [0.25, 0.3) is 0 Å². The lowest BCUT2D eigenvalue weighted by Crippen LogP contribution is -2.12. The van der Waals surface area contributed by atoms with Gasteiger partial charge in [-0.25, -0.2) is 0 Å². The molecule has 0 saturated carbocycles. The zero-order valence-corrected chi connectivity index (χ0v) is 12.2. The zero-order chi connectivity index (χ0) is 13.4. The lowest BCUT2D eigenvalue weighted by atomic mass is 10.00. The van der Waals surface area contributed by atoms with Gasteiger partial charge in [0.05, 0.1) is 0 Å². The van der Waals surface area contributed by atoms with E-state index in [1.54, 1.807) is 6.07 Å². The summed E-state index contributed by atoms with van der Waals surface area (Å²) in [6.45, 7) is 0. The number of rotatable bonds is 2. The summed E-state index contributed by atoms with van der Waals surface area (Å²) in [6, 6.07) is 12.8. The van der Waals surface area contributed by atoms with Crippen LogP contribution in [0, 0.1) is 0 Å². The van der Waals surface area contributed by atoms with Crippen molar-refractivity contribution in [2.24, 2.45) is 0 Å². The van der Waals surface area contributed by atoms with Crippen LogP contribution in [0.25, 0.3) is 11.1 Å². The van der Waals surface area contributed by atoms with Crippen LogP contribution in [0.3, 0.4) is 0 Å². The van der Waals surface area contributed by atoms with Crippen LogP contribution in [0.5, 0.6) is 0 Å². The summed E-state index contributed by atoms with van der Waals surface area (Å²) in [4.78, 5) is 0. The third-order valence-corrected chi connectivity index (χ3v) is 4.36. The fourth-order valence-electron chi connectivity index (χ4n) is 2.81. The zero-order valence-electron chi connectivity index (χ0n) is 10.7. The molecule has 1 atom stereocenters. The summed E-state index contributed by atoms with van der Waals surface area (Å²) in [5.41, 5.74) is 5.04. The molecule has 19 heavy (non-hydrogen) atoms. The molecule has 0 fully saturated rings. The van der Waals surface area contributed by atoms with Gasteiger partial charge in [-0.05, 0) is 48.7 Å². The highest BCUT2D eigenvalue weighted by molar-refractivity contribution is 6.36. The van der Waals surface area contributed by atoms with E-state index in [2.05, 4.69) is 23.5 Å². The minimum atomic E-state index is 0.490. The molecular weight excluding hydrogens is 277 g/mol. The van der Waals surface area contributed by atoms with Crippen LogP contribution in [0.4, 0.5) is 0 Å². The second kappa shape index (κ2) is 5.16. The summed E-state index contributed by atoms with van der Waals surface area (Å²) >= 11 is 12.2. The molecule has 1 unspecified atom stereocenters. The van der Waals surface area contributed by atoms with Gasteiger partial charge in [0.15, 0.2) is 0 Å². The van der Waals surface area contributed by atoms with Gasteiger partial charge in [-0.3, -0.25) is 0 Å². The number of nitrogens with one attached hydrogen (secondary N) is 1. The van der Waals surface area contributed by atoms with Gasteiger partial charge in [-0.15, -0.1) is 0 Å². The van der Waals surface area contributed by atoms with Crippen molar-refractivity contribution in [1.29, 1.82) is 0 Å². The van der Waals surface area contributed by atoms with Crippen molar-refractivity contribution in [3.05, 3.63) is 57.6 Å². The molecular formula is C16H15Cl2N. The number of benzene rings is 2. The van der Waals surface area contributed by atoms with Gasteiger partial charge < -0.3 is 5.32 Å². The molecule has 0 bridgehead atoms. The third kappa shape index (κ3) is 2.38. The van der Waals surface area contributed by atoms with Crippen LogP contribution in [0.15, 0.2) is 36.4 Å². The Kier molecular flexibility index (Phi) is 3.53. The van der Waals surface area contributed by atoms with Gasteiger partial charge in [0.1, 0.15) is 0 Å². The minimum absolute atomic E-state index is 0.490. The predicted octanol–water partition coefficient (Wildman–Crippen LogP) is 4.87. The molecule has 3 rings (SSSR count). The Hall–Kier alpha value is -1.02. The molecule has 98 valence electrons. The molecule has 1 aliphatic carbocycles. The van der Waals surface area contributed by atoms with Crippen LogP contribution in [-0.2, 0) is 6.42 Å². The van der Waals surface area contributed by atoms with Crippen molar-refractivity contribution in [2.45, 2.75) is 18.9 Å². The first-order chi connectivity index (χ1) is 9.19. The maximum Gasteiger partial charge on any atom is 0.0499 e. The van der Waals surface area contributed by atoms with E-state index in [9.17, 15) is 0 Å². The van der Waals surface area contributed by atoms with Crippen LogP contribution in [0.1, 0.15) is 23.6 Å². The van der Waals surface area contributed by atoms with E-state index in [-0.39, 0.29) is 0 Å². The molecule has 0 spiro atoms. The first-order valence-corrected chi connectivity index (χ1v) is 7.20. The number of hydrogen-bond acceptors (Lipinski definition) is 1. The second-order valence-corrected chi connectivity index (χ2v) is 5.76. The molecule has 0 radical (unpaired) electrons. The smallest absolute Gasteiger partial charge is 0.0499 e. The normalized spacial score (nSPS) is 17.5. The molecule has 0 aliphatic heterocycles. The van der Waals surface area contributed by atoms with Crippen molar-refractivity contribution in [3.63, 3.8) is 0 Å². The largest absolute Gasteiger partial charge is 0.313 e. The highest BCUT2D eigenvalue weighted by atomic mass is 35.5. The van der Waals surface area contributed by atoms with E-state index in [4.69, 9.17) is 23.2 Å². The summed E-state index contributed by atoms with van der Waals surface area (Å²) in [5.74, 6) is 0. The maximum absolute atomic E-state index is 6.27. The van der Waals surface area contributed by atoms with E-state index in [0.717, 1.165) is 17.5 Å². The van der Waals surface area contributed by atoms with Gasteiger partial charge in [0.2, 0.25) is 0 Å². The van der Waals surface area contributed by atoms with Crippen LogP contribution in [0.2, 0.25) is 10.0 Å². The average molecular weight is 292 g/mol. The highest BCUT2D eigenvalue weighted by Gasteiger charge is 2.21. The van der Waals surface area contributed by atoms with E-state index in [1.807, 2.05) is 19.2 Å². The Bertz CT molecular complexity index is 622. The fourth-order valence-corrected chi connectivity index (χ4v) is 3.33. The Morgan fingerprint density at radius 3 is 2.68 bits per heavy atom. The molecule has 2 aromatic carbocycles. The predicted molar refractivity (Wildman–Crippen MR) is 82.0 cm³/mol. The Morgan fingerprint density at radius 1 is 1.11 bits per heavy atom. The Morgan fingerprint density at radius 2 is 1.95 bits per heavy atom. The molecule has 1 aliphatic rings. The van der Waals surface area contributed by atoms with Crippen LogP contribution in [-0.4, -0.2) is 7.05 Å². The van der Waals surface area contributed by atoms with Crippen molar-refractivity contribution in [1.82, 2.24) is 5.32 Å². The van der Waals surface area contributed by atoms with Crippen LogP contribution >= 0.6 is 23.2 Å². The summed E-state index contributed by atoms with van der Waals surface area (Å²) < 4.78 is 0. The highest BCUT2D eigenvalue weighted by Crippen LogP contribution is 2.36. The lowest BCUT2D eigenvalue weighted by molar-refractivity contribution is 0.590. The monoisotopic (exact) mass is 291 g/mol. The van der Waals surface area contributed by atoms with Gasteiger partial charge >= 0.3 is 0 Å². The van der Waals surface area contributed by atoms with Gasteiger partial charge in [-0.1, -0.05) is 47.5 Å². The quantitative estimate of drug-likeness (QED) is 0.833. The molecule has 0 saturated heterocycles. The van der Waals surface area contributed by atoms with E-state index in [1.165, 1.54) is 17.5 Å². The van der Waals surface area contributed by atoms with Crippen LogP contribution < -0.4 is 5.32 Å². The average Bonchev–Trinajstić information content (AvgIpc) is 2.80. The Labute approximate surface area is 123 Å².